The Labute approximate surface area is 232 Å². The fraction of sp³-hybridized carbons (Fsp3) is 0.515. The van der Waals surface area contributed by atoms with Gasteiger partial charge < -0.3 is 19.5 Å². The highest BCUT2D eigenvalue weighted by atomic mass is 19.1. The molecule has 1 N–H and O–H groups in total. The number of allylic oxidation sites excluding steroid dienone is 1. The van der Waals surface area contributed by atoms with Crippen molar-refractivity contribution < 1.29 is 19.0 Å². The van der Waals surface area contributed by atoms with Crippen molar-refractivity contribution in [3.05, 3.63) is 82.9 Å². The van der Waals surface area contributed by atoms with E-state index in [0.29, 0.717) is 29.9 Å². The Hall–Kier alpha value is -2.83. The molecule has 3 aliphatic rings. The Morgan fingerprint density at radius 1 is 1.05 bits per heavy atom. The van der Waals surface area contributed by atoms with E-state index in [2.05, 4.69) is 47.9 Å². The molecule has 0 spiro atoms. The molecule has 2 aromatic carbocycles. The normalized spacial score (nSPS) is 23.9. The van der Waals surface area contributed by atoms with Crippen molar-refractivity contribution in [2.45, 2.75) is 64.6 Å². The predicted molar refractivity (Wildman–Crippen MR) is 153 cm³/mol. The maximum atomic E-state index is 15.2. The van der Waals surface area contributed by atoms with Crippen molar-refractivity contribution in [2.75, 3.05) is 33.3 Å². The van der Waals surface area contributed by atoms with Crippen LogP contribution in [-0.2, 0) is 24.1 Å². The molecule has 210 valence electrons. The minimum atomic E-state index is -0.276. The first-order valence-corrected chi connectivity index (χ1v) is 14.6. The molecular formula is C33H43FN2O3. The lowest BCUT2D eigenvalue weighted by atomic mass is 9.72. The number of phenols is 1. The summed E-state index contributed by atoms with van der Waals surface area (Å²) in [6, 6.07) is 11.4. The molecule has 0 aromatic heterocycles. The number of hydrogen-bond acceptors (Lipinski definition) is 5. The second kappa shape index (κ2) is 12.6. The number of phenolic OH excluding ortho intramolecular Hbond substituents is 1. The quantitative estimate of drug-likeness (QED) is 0.421. The zero-order chi connectivity index (χ0) is 27.4. The first kappa shape index (κ1) is 27.7. The maximum absolute atomic E-state index is 15.2. The van der Waals surface area contributed by atoms with Crippen molar-refractivity contribution in [2.24, 2.45) is 11.8 Å². The number of methoxy groups -OCH3 is 1. The average Bonchev–Trinajstić information content (AvgIpc) is 2.97. The average molecular weight is 535 g/mol. The van der Waals surface area contributed by atoms with E-state index in [1.165, 1.54) is 11.1 Å². The van der Waals surface area contributed by atoms with Crippen molar-refractivity contribution in [1.29, 1.82) is 0 Å². The molecule has 2 unspecified atom stereocenters. The van der Waals surface area contributed by atoms with E-state index in [1.807, 2.05) is 18.2 Å². The second-order valence-corrected chi connectivity index (χ2v) is 11.2. The van der Waals surface area contributed by atoms with Gasteiger partial charge in [0.05, 0.1) is 7.11 Å². The van der Waals surface area contributed by atoms with Gasteiger partial charge in [0.2, 0.25) is 0 Å². The van der Waals surface area contributed by atoms with Gasteiger partial charge >= 0.3 is 0 Å². The standard InChI is InChI=1S/C33H43FN2O3/c1-4-35-16-14-28(15-17-35)39-33-13-6-23(18-31(33)34)22-36(5-2)32-21-29(38-3)11-12-30(32)26-8-7-25-20-27(37)10-9-24(25)19-26/h6,9-13,18,20-21,26,28,30,32,37H,4-5,7-8,14-17,19,22H2,1-3H3/t26-,30?,32?/m1/s1. The van der Waals surface area contributed by atoms with Gasteiger partial charge in [-0.05, 0) is 110 Å². The summed E-state index contributed by atoms with van der Waals surface area (Å²) in [7, 11) is 1.72. The number of ether oxygens (including phenoxy) is 2. The highest BCUT2D eigenvalue weighted by Crippen LogP contribution is 2.38. The largest absolute Gasteiger partial charge is 0.508 e. The number of halogens is 1. The van der Waals surface area contributed by atoms with E-state index in [4.69, 9.17) is 9.47 Å². The lowest BCUT2D eigenvalue weighted by Crippen LogP contribution is -2.43. The number of aryl methyl sites for hydroxylation is 1. The van der Waals surface area contributed by atoms with Crippen LogP contribution in [0, 0.1) is 17.7 Å². The minimum absolute atomic E-state index is 0.0808. The van der Waals surface area contributed by atoms with E-state index in [9.17, 15) is 5.11 Å². The van der Waals surface area contributed by atoms with E-state index in [-0.39, 0.29) is 18.0 Å². The lowest BCUT2D eigenvalue weighted by Gasteiger charge is -2.41. The number of rotatable bonds is 9. The summed E-state index contributed by atoms with van der Waals surface area (Å²) in [6.45, 7) is 8.92. The maximum Gasteiger partial charge on any atom is 0.165 e. The Kier molecular flexibility index (Phi) is 8.93. The van der Waals surface area contributed by atoms with Gasteiger partial charge in [0.15, 0.2) is 11.6 Å². The van der Waals surface area contributed by atoms with Crippen molar-refractivity contribution in [3.63, 3.8) is 0 Å². The van der Waals surface area contributed by atoms with Gasteiger partial charge in [-0.3, -0.25) is 4.90 Å². The zero-order valence-corrected chi connectivity index (χ0v) is 23.6. The molecule has 1 aliphatic heterocycles. The van der Waals surface area contributed by atoms with Crippen molar-refractivity contribution >= 4 is 0 Å². The van der Waals surface area contributed by atoms with E-state index >= 15 is 4.39 Å². The molecule has 1 saturated heterocycles. The van der Waals surface area contributed by atoms with Crippen LogP contribution in [0.1, 0.15) is 49.8 Å². The van der Waals surface area contributed by atoms with E-state index in [1.54, 1.807) is 19.2 Å². The fourth-order valence-corrected chi connectivity index (χ4v) is 6.60. The molecule has 0 amide bonds. The van der Waals surface area contributed by atoms with Crippen LogP contribution in [0.3, 0.4) is 0 Å². The molecule has 6 heteroatoms. The third-order valence-corrected chi connectivity index (χ3v) is 8.93. The summed E-state index contributed by atoms with van der Waals surface area (Å²) in [5.41, 5.74) is 3.54. The summed E-state index contributed by atoms with van der Waals surface area (Å²) in [5, 5.41) is 9.91. The smallest absolute Gasteiger partial charge is 0.165 e. The van der Waals surface area contributed by atoms with Gasteiger partial charge in [-0.1, -0.05) is 32.1 Å². The van der Waals surface area contributed by atoms with Gasteiger partial charge in [-0.2, -0.15) is 0 Å². The Balaban J connectivity index is 1.29. The van der Waals surface area contributed by atoms with Crippen LogP contribution in [0.25, 0.3) is 0 Å². The van der Waals surface area contributed by atoms with Crippen molar-refractivity contribution in [3.8, 4) is 11.5 Å². The van der Waals surface area contributed by atoms with Gasteiger partial charge in [0.1, 0.15) is 17.6 Å². The summed E-state index contributed by atoms with van der Waals surface area (Å²) >= 11 is 0. The third-order valence-electron chi connectivity index (χ3n) is 8.93. The number of likely N-dealkylation sites (N-methyl/N-ethyl adjacent to an activating group) is 1. The predicted octanol–water partition coefficient (Wildman–Crippen LogP) is 6.11. The van der Waals surface area contributed by atoms with Crippen LogP contribution >= 0.6 is 0 Å². The van der Waals surface area contributed by atoms with Crippen LogP contribution < -0.4 is 4.74 Å². The Morgan fingerprint density at radius 3 is 2.59 bits per heavy atom. The first-order chi connectivity index (χ1) is 19.0. The molecule has 2 aliphatic carbocycles. The number of benzene rings is 2. The van der Waals surface area contributed by atoms with Gasteiger partial charge in [-0.15, -0.1) is 0 Å². The number of nitrogens with zero attached hydrogens (tertiary/aromatic N) is 2. The van der Waals surface area contributed by atoms with Crippen LogP contribution in [-0.4, -0.2) is 60.3 Å². The Bertz CT molecular complexity index is 1190. The third kappa shape index (κ3) is 6.50. The molecule has 0 bridgehead atoms. The highest BCUT2D eigenvalue weighted by molar-refractivity contribution is 5.37. The molecular weight excluding hydrogens is 491 g/mol. The molecule has 5 rings (SSSR count). The lowest BCUT2D eigenvalue weighted by molar-refractivity contribution is 0.1000. The minimum Gasteiger partial charge on any atom is -0.508 e. The molecule has 3 atom stereocenters. The SMILES string of the molecule is CCN1CCC(Oc2ccc(CN(CC)C3C=C(OC)C=CC3[C@@H]3CCc4cc(O)ccc4C3)cc2F)CC1. The highest BCUT2D eigenvalue weighted by Gasteiger charge is 2.34. The van der Waals surface area contributed by atoms with Crippen LogP contribution in [0.4, 0.5) is 4.39 Å². The summed E-state index contributed by atoms with van der Waals surface area (Å²) in [4.78, 5) is 4.84. The monoisotopic (exact) mass is 534 g/mol. The zero-order valence-electron chi connectivity index (χ0n) is 23.6. The van der Waals surface area contributed by atoms with Crippen LogP contribution in [0.15, 0.2) is 60.4 Å². The number of aromatic hydroxyl groups is 1. The van der Waals surface area contributed by atoms with Crippen LogP contribution in [0.2, 0.25) is 0 Å². The van der Waals surface area contributed by atoms with Gasteiger partial charge in [0, 0.05) is 25.7 Å². The number of fused-ring (bicyclic) bond motifs is 1. The van der Waals surface area contributed by atoms with Crippen molar-refractivity contribution in [1.82, 2.24) is 9.80 Å². The van der Waals surface area contributed by atoms with E-state index < -0.39 is 0 Å². The number of piperidine rings is 1. The van der Waals surface area contributed by atoms with Gasteiger partial charge in [-0.25, -0.2) is 4.39 Å². The Morgan fingerprint density at radius 2 is 1.87 bits per heavy atom. The number of hydrogen-bond donors (Lipinski definition) is 1. The molecule has 0 radical (unpaired) electrons. The second-order valence-electron chi connectivity index (χ2n) is 11.2. The summed E-state index contributed by atoms with van der Waals surface area (Å²) in [5.74, 6) is 2.12. The molecule has 2 aromatic rings. The topological polar surface area (TPSA) is 45.2 Å². The fourth-order valence-electron chi connectivity index (χ4n) is 6.60. The molecule has 39 heavy (non-hydrogen) atoms. The van der Waals surface area contributed by atoms with Gasteiger partial charge in [0.25, 0.3) is 0 Å². The number of likely N-dealkylation sites (tertiary alicyclic amines) is 1. The van der Waals surface area contributed by atoms with E-state index in [0.717, 1.165) is 69.6 Å². The first-order valence-electron chi connectivity index (χ1n) is 14.6. The molecule has 0 saturated carbocycles. The van der Waals surface area contributed by atoms with Crippen LogP contribution in [0.5, 0.6) is 11.5 Å². The molecule has 1 heterocycles. The molecule has 5 nitrogen and oxygen atoms in total. The summed E-state index contributed by atoms with van der Waals surface area (Å²) in [6.07, 6.45) is 11.6. The molecule has 1 fully saturated rings. The summed E-state index contributed by atoms with van der Waals surface area (Å²) < 4.78 is 26.9.